The molecule has 2 aliphatic heterocycles. The van der Waals surface area contributed by atoms with Crippen molar-refractivity contribution in [1.29, 1.82) is 0 Å². The molecule has 16 heteroatoms. The van der Waals surface area contributed by atoms with Gasteiger partial charge in [0, 0.05) is 25.3 Å². The summed E-state index contributed by atoms with van der Waals surface area (Å²) in [6.45, 7) is 4.01. The molecule has 1 aromatic carbocycles. The number of fused-ring (bicyclic) bond motifs is 2. The Morgan fingerprint density at radius 2 is 1.78 bits per heavy atom. The molecule has 0 amide bonds. The van der Waals surface area contributed by atoms with Crippen LogP contribution in [0, 0.1) is 10.1 Å². The van der Waals surface area contributed by atoms with Gasteiger partial charge in [0.25, 0.3) is 0 Å². The summed E-state index contributed by atoms with van der Waals surface area (Å²) < 4.78 is 36.4. The van der Waals surface area contributed by atoms with Crippen LogP contribution in [0.1, 0.15) is 51.3 Å². The van der Waals surface area contributed by atoms with Gasteiger partial charge in [-0.15, -0.1) is 0 Å². The molecule has 2 saturated heterocycles. The fraction of sp³-hybridized carbons (Fsp3) is 0.483. The predicted octanol–water partition coefficient (Wildman–Crippen LogP) is 2.80. The van der Waals surface area contributed by atoms with E-state index in [2.05, 4.69) is 15.0 Å². The molecular formula is C29H34N6O10. The minimum absolute atomic E-state index is 0.0283. The summed E-state index contributed by atoms with van der Waals surface area (Å²) in [6, 6.07) is 6.79. The number of hydrogen-bond donors (Lipinski definition) is 1. The Morgan fingerprint density at radius 1 is 1.04 bits per heavy atom. The van der Waals surface area contributed by atoms with Crippen molar-refractivity contribution in [1.82, 2.24) is 19.5 Å². The Hall–Kier alpha value is -4.67. The smallest absolute Gasteiger partial charge is 0.305 e. The zero-order chi connectivity index (χ0) is 32.0. The zero-order valence-corrected chi connectivity index (χ0v) is 24.8. The van der Waals surface area contributed by atoms with Crippen LogP contribution in [-0.2, 0) is 33.3 Å². The number of benzene rings is 1. The topological polar surface area (TPSA) is 202 Å². The third-order valence-electron chi connectivity index (χ3n) is 7.05. The number of imidazole rings is 1. The lowest BCUT2D eigenvalue weighted by molar-refractivity contribution is -0.400. The molecule has 2 aliphatic rings. The quantitative estimate of drug-likeness (QED) is 0.118. The van der Waals surface area contributed by atoms with E-state index in [9.17, 15) is 19.7 Å². The number of carbonyl (C=O) groups excluding carboxylic acids is 2. The molecule has 0 unspecified atom stereocenters. The largest absolute Gasteiger partial charge is 0.493 e. The highest BCUT2D eigenvalue weighted by Gasteiger charge is 2.56. The highest BCUT2D eigenvalue weighted by Crippen LogP contribution is 2.44. The normalized spacial score (nSPS) is 22.0. The van der Waals surface area contributed by atoms with Gasteiger partial charge in [0.15, 0.2) is 23.5 Å². The zero-order valence-electron chi connectivity index (χ0n) is 24.8. The van der Waals surface area contributed by atoms with Gasteiger partial charge in [0.2, 0.25) is 6.20 Å². The van der Waals surface area contributed by atoms with Crippen molar-refractivity contribution in [3.05, 3.63) is 58.8 Å². The van der Waals surface area contributed by atoms with Crippen LogP contribution in [0.25, 0.3) is 17.2 Å². The van der Waals surface area contributed by atoms with Gasteiger partial charge in [-0.2, -0.15) is 0 Å². The van der Waals surface area contributed by atoms with Gasteiger partial charge in [0.05, 0.1) is 24.5 Å². The summed E-state index contributed by atoms with van der Waals surface area (Å²) in [6.07, 6.45) is 3.69. The van der Waals surface area contributed by atoms with Crippen molar-refractivity contribution in [2.24, 2.45) is 0 Å². The summed E-state index contributed by atoms with van der Waals surface area (Å²) in [7, 11) is 0. The average Bonchev–Trinajstić information content (AvgIpc) is 3.66. The molecule has 0 bridgehead atoms. The number of nitrogens with two attached hydrogens (primary N) is 1. The molecule has 4 atom stereocenters. The van der Waals surface area contributed by atoms with Crippen LogP contribution in [0.3, 0.4) is 0 Å². The molecule has 2 N–H and O–H groups in total. The molecule has 4 heterocycles. The first-order valence-corrected chi connectivity index (χ1v) is 14.4. The van der Waals surface area contributed by atoms with Gasteiger partial charge in [-0.25, -0.2) is 15.0 Å². The number of aromatic nitrogens is 4. The number of rotatable bonds is 14. The van der Waals surface area contributed by atoms with E-state index in [4.69, 9.17) is 34.2 Å². The molecule has 2 aromatic heterocycles. The van der Waals surface area contributed by atoms with Gasteiger partial charge in [-0.05, 0) is 38.0 Å². The molecule has 45 heavy (non-hydrogen) atoms. The maximum Gasteiger partial charge on any atom is 0.305 e. The van der Waals surface area contributed by atoms with Crippen molar-refractivity contribution < 1.29 is 42.9 Å². The molecule has 0 radical (unpaired) electrons. The SMILES string of the molecule is CC1(C)O[C@@H]2[C@H](O1)[C@@H](COC(=O)CCCC(=O)OCCCOc1ccc(/C=C/[N+](=O)[O-])cc1)O[C@H]2n1cnc2c(N)ncnc21. The molecule has 0 spiro atoms. The molecule has 16 nitrogen and oxygen atoms in total. The van der Waals surface area contributed by atoms with Gasteiger partial charge < -0.3 is 34.2 Å². The van der Waals surface area contributed by atoms with Crippen molar-refractivity contribution in [2.45, 2.75) is 69.9 Å². The number of carbonyl (C=O) groups is 2. The van der Waals surface area contributed by atoms with Crippen LogP contribution in [-0.4, -0.2) is 80.3 Å². The number of esters is 2. The summed E-state index contributed by atoms with van der Waals surface area (Å²) in [5.41, 5.74) is 7.52. The maximum absolute atomic E-state index is 12.4. The molecule has 3 aromatic rings. The fourth-order valence-electron chi connectivity index (χ4n) is 5.03. The minimum atomic E-state index is -0.873. The fourth-order valence-corrected chi connectivity index (χ4v) is 5.03. The van der Waals surface area contributed by atoms with Gasteiger partial charge in [0.1, 0.15) is 42.5 Å². The number of nitrogens with zero attached hydrogens (tertiary/aromatic N) is 5. The van der Waals surface area contributed by atoms with Crippen LogP contribution in [0.4, 0.5) is 5.82 Å². The Labute approximate surface area is 257 Å². The first kappa shape index (κ1) is 31.7. The van der Waals surface area contributed by atoms with Crippen LogP contribution < -0.4 is 10.5 Å². The molecule has 240 valence electrons. The first-order valence-electron chi connectivity index (χ1n) is 14.4. The maximum atomic E-state index is 12.4. The number of hydrogen-bond acceptors (Lipinski definition) is 14. The van der Waals surface area contributed by atoms with E-state index in [0.717, 1.165) is 6.20 Å². The second kappa shape index (κ2) is 14.0. The lowest BCUT2D eigenvalue weighted by Gasteiger charge is -2.24. The predicted molar refractivity (Wildman–Crippen MR) is 156 cm³/mol. The van der Waals surface area contributed by atoms with E-state index < -0.39 is 47.2 Å². The van der Waals surface area contributed by atoms with Crippen molar-refractivity contribution in [3.8, 4) is 5.75 Å². The van der Waals surface area contributed by atoms with Crippen LogP contribution in [0.2, 0.25) is 0 Å². The van der Waals surface area contributed by atoms with Crippen molar-refractivity contribution in [2.75, 3.05) is 25.6 Å². The minimum Gasteiger partial charge on any atom is -0.493 e. The van der Waals surface area contributed by atoms with Gasteiger partial charge >= 0.3 is 11.9 Å². The highest BCUT2D eigenvalue weighted by molar-refractivity contribution is 5.81. The number of anilines is 1. The highest BCUT2D eigenvalue weighted by atomic mass is 16.8. The summed E-state index contributed by atoms with van der Waals surface area (Å²) >= 11 is 0. The Balaban J connectivity index is 0.997. The van der Waals surface area contributed by atoms with Gasteiger partial charge in [-0.3, -0.25) is 24.3 Å². The van der Waals surface area contributed by atoms with Crippen LogP contribution in [0.5, 0.6) is 5.75 Å². The van der Waals surface area contributed by atoms with Crippen molar-refractivity contribution >= 4 is 35.0 Å². The first-order chi connectivity index (χ1) is 21.6. The lowest BCUT2D eigenvalue weighted by Crippen LogP contribution is -2.33. The standard InChI is InChI=1S/C29H34N6O10/c1-29(2)44-24-20(43-28(25(24)45-29)34-17-33-23-26(30)31-16-32-27(23)34)15-42-22(37)6-3-5-21(36)41-14-4-13-40-19-9-7-18(8-10-19)11-12-35(38)39/h7-12,16-17,20,24-25,28H,3-6,13-15H2,1-2H3,(H2,30,31,32)/b12-11+/t20-,24-,25-,28-/m1/s1. The summed E-state index contributed by atoms with van der Waals surface area (Å²) in [4.78, 5) is 46.9. The average molecular weight is 627 g/mol. The Kier molecular flexibility index (Phi) is 9.85. The second-order valence-corrected chi connectivity index (χ2v) is 10.8. The lowest BCUT2D eigenvalue weighted by atomic mass is 10.1. The molecule has 0 aliphatic carbocycles. The van der Waals surface area contributed by atoms with Crippen molar-refractivity contribution in [3.63, 3.8) is 0 Å². The molecule has 5 rings (SSSR count). The third-order valence-corrected chi connectivity index (χ3v) is 7.05. The molecular weight excluding hydrogens is 592 g/mol. The van der Waals surface area contributed by atoms with E-state index in [1.807, 2.05) is 0 Å². The number of nitro groups is 1. The van der Waals surface area contributed by atoms with Crippen LogP contribution >= 0.6 is 0 Å². The molecule has 2 fully saturated rings. The summed E-state index contributed by atoms with van der Waals surface area (Å²) in [5.74, 6) is -0.941. The second-order valence-electron chi connectivity index (χ2n) is 10.8. The van der Waals surface area contributed by atoms with E-state index >= 15 is 0 Å². The van der Waals surface area contributed by atoms with E-state index in [-0.39, 0.29) is 38.3 Å². The molecule has 0 saturated carbocycles. The number of nitrogen functional groups attached to an aromatic ring is 1. The Morgan fingerprint density at radius 3 is 2.53 bits per heavy atom. The Bertz CT molecular complexity index is 1540. The summed E-state index contributed by atoms with van der Waals surface area (Å²) in [5, 5.41) is 10.4. The third kappa shape index (κ3) is 8.09. The van der Waals surface area contributed by atoms with Gasteiger partial charge in [-0.1, -0.05) is 12.1 Å². The van der Waals surface area contributed by atoms with E-state index in [0.29, 0.717) is 35.5 Å². The monoisotopic (exact) mass is 626 g/mol. The number of ether oxygens (including phenoxy) is 6. The van der Waals surface area contributed by atoms with E-state index in [1.165, 1.54) is 12.4 Å². The van der Waals surface area contributed by atoms with E-state index in [1.54, 1.807) is 49.0 Å². The van der Waals surface area contributed by atoms with Crippen LogP contribution in [0.15, 0.2) is 43.1 Å².